The summed E-state index contributed by atoms with van der Waals surface area (Å²) in [6.07, 6.45) is 1.72. The molecular formula is C13H17N3O2. The van der Waals surface area contributed by atoms with E-state index in [1.807, 2.05) is 19.1 Å². The van der Waals surface area contributed by atoms with Crippen LogP contribution in [0.2, 0.25) is 0 Å². The van der Waals surface area contributed by atoms with E-state index in [1.165, 1.54) is 0 Å². The minimum Gasteiger partial charge on any atom is -0.496 e. The van der Waals surface area contributed by atoms with Gasteiger partial charge in [0.05, 0.1) is 26.1 Å². The van der Waals surface area contributed by atoms with E-state index in [2.05, 4.69) is 10.2 Å². The van der Waals surface area contributed by atoms with Crippen molar-refractivity contribution in [1.29, 1.82) is 0 Å². The van der Waals surface area contributed by atoms with Gasteiger partial charge in [0.25, 0.3) is 0 Å². The van der Waals surface area contributed by atoms with E-state index in [0.29, 0.717) is 6.54 Å². The van der Waals surface area contributed by atoms with Crippen LogP contribution in [0.25, 0.3) is 11.3 Å². The molecule has 0 saturated heterocycles. The van der Waals surface area contributed by atoms with E-state index in [1.54, 1.807) is 20.4 Å². The van der Waals surface area contributed by atoms with Gasteiger partial charge in [-0.1, -0.05) is 0 Å². The number of nitrogens with zero attached hydrogens (tertiary/aromatic N) is 1. The second-order valence-corrected chi connectivity index (χ2v) is 4.00. The molecular weight excluding hydrogens is 230 g/mol. The lowest BCUT2D eigenvalue weighted by molar-refractivity contribution is 0.401. The second-order valence-electron chi connectivity index (χ2n) is 4.00. The lowest BCUT2D eigenvalue weighted by atomic mass is 10.0. The molecule has 0 aliphatic heterocycles. The van der Waals surface area contributed by atoms with Gasteiger partial charge in [-0.25, -0.2) is 0 Å². The van der Waals surface area contributed by atoms with Crippen molar-refractivity contribution < 1.29 is 9.47 Å². The summed E-state index contributed by atoms with van der Waals surface area (Å²) in [4.78, 5) is 0. The van der Waals surface area contributed by atoms with Crippen molar-refractivity contribution in [3.63, 3.8) is 0 Å². The Morgan fingerprint density at radius 2 is 1.94 bits per heavy atom. The molecule has 0 atom stereocenters. The van der Waals surface area contributed by atoms with Crippen LogP contribution in [0, 0.1) is 6.92 Å². The number of aryl methyl sites for hydroxylation is 1. The molecule has 96 valence electrons. The SMILES string of the molecule is COc1cc(-c2[nH]ncc2CN)c(OC)cc1C. The van der Waals surface area contributed by atoms with Crippen LogP contribution in [-0.2, 0) is 6.54 Å². The van der Waals surface area contributed by atoms with E-state index in [-0.39, 0.29) is 0 Å². The molecule has 0 saturated carbocycles. The third kappa shape index (κ3) is 2.04. The Balaban J connectivity index is 2.62. The highest BCUT2D eigenvalue weighted by molar-refractivity contribution is 5.72. The fraction of sp³-hybridized carbons (Fsp3) is 0.308. The maximum absolute atomic E-state index is 5.69. The number of ether oxygens (including phenoxy) is 2. The Morgan fingerprint density at radius 3 is 2.56 bits per heavy atom. The van der Waals surface area contributed by atoms with E-state index in [9.17, 15) is 0 Å². The van der Waals surface area contributed by atoms with Crippen LogP contribution in [0.1, 0.15) is 11.1 Å². The Labute approximate surface area is 106 Å². The number of H-pyrrole nitrogens is 1. The van der Waals surface area contributed by atoms with Gasteiger partial charge in [0.15, 0.2) is 0 Å². The molecule has 0 aliphatic carbocycles. The summed E-state index contributed by atoms with van der Waals surface area (Å²) in [6.45, 7) is 2.40. The quantitative estimate of drug-likeness (QED) is 0.865. The molecule has 0 radical (unpaired) electrons. The van der Waals surface area contributed by atoms with Gasteiger partial charge in [-0.05, 0) is 24.6 Å². The van der Waals surface area contributed by atoms with E-state index >= 15 is 0 Å². The largest absolute Gasteiger partial charge is 0.496 e. The summed E-state index contributed by atoms with van der Waals surface area (Å²) < 4.78 is 10.7. The Hall–Kier alpha value is -2.01. The summed E-state index contributed by atoms with van der Waals surface area (Å²) in [6, 6.07) is 3.87. The van der Waals surface area contributed by atoms with E-state index in [0.717, 1.165) is 33.9 Å². The molecule has 0 bridgehead atoms. The van der Waals surface area contributed by atoms with Crippen molar-refractivity contribution >= 4 is 0 Å². The van der Waals surface area contributed by atoms with Crippen molar-refractivity contribution in [2.45, 2.75) is 13.5 Å². The van der Waals surface area contributed by atoms with Gasteiger partial charge >= 0.3 is 0 Å². The first-order valence-corrected chi connectivity index (χ1v) is 5.66. The number of nitrogens with two attached hydrogens (primary N) is 1. The maximum atomic E-state index is 5.69. The molecule has 5 nitrogen and oxygen atoms in total. The van der Waals surface area contributed by atoms with Gasteiger partial charge in [0, 0.05) is 17.7 Å². The van der Waals surface area contributed by atoms with Crippen molar-refractivity contribution in [3.8, 4) is 22.8 Å². The molecule has 2 aromatic rings. The normalized spacial score (nSPS) is 10.4. The highest BCUT2D eigenvalue weighted by Gasteiger charge is 2.14. The summed E-state index contributed by atoms with van der Waals surface area (Å²) in [5, 5.41) is 6.97. The zero-order valence-electron chi connectivity index (χ0n) is 10.8. The summed E-state index contributed by atoms with van der Waals surface area (Å²) >= 11 is 0. The molecule has 0 amide bonds. The highest BCUT2D eigenvalue weighted by Crippen LogP contribution is 2.36. The molecule has 0 aliphatic rings. The van der Waals surface area contributed by atoms with Gasteiger partial charge in [0.1, 0.15) is 11.5 Å². The number of aromatic amines is 1. The topological polar surface area (TPSA) is 73.2 Å². The lowest BCUT2D eigenvalue weighted by Crippen LogP contribution is -1.99. The number of hydrogen-bond donors (Lipinski definition) is 2. The Bertz CT molecular complexity index is 549. The van der Waals surface area contributed by atoms with Crippen LogP contribution in [0.5, 0.6) is 11.5 Å². The summed E-state index contributed by atoms with van der Waals surface area (Å²) in [5.41, 5.74) is 9.43. The van der Waals surface area contributed by atoms with E-state index < -0.39 is 0 Å². The fourth-order valence-electron chi connectivity index (χ4n) is 1.94. The average molecular weight is 247 g/mol. The predicted octanol–water partition coefficient (Wildman–Crippen LogP) is 1.86. The number of benzene rings is 1. The highest BCUT2D eigenvalue weighted by atomic mass is 16.5. The maximum Gasteiger partial charge on any atom is 0.128 e. The average Bonchev–Trinajstić information content (AvgIpc) is 2.86. The number of aromatic nitrogens is 2. The van der Waals surface area contributed by atoms with Crippen LogP contribution in [0.15, 0.2) is 18.3 Å². The predicted molar refractivity (Wildman–Crippen MR) is 69.8 cm³/mol. The standard InChI is InChI=1S/C13H17N3O2/c1-8-4-12(18-3)10(5-11(8)17-2)13-9(6-14)7-15-16-13/h4-5,7H,6,14H2,1-3H3,(H,15,16). The molecule has 3 N–H and O–H groups in total. The molecule has 0 unspecified atom stereocenters. The van der Waals surface area contributed by atoms with Crippen LogP contribution < -0.4 is 15.2 Å². The van der Waals surface area contributed by atoms with Gasteiger partial charge in [-0.15, -0.1) is 0 Å². The number of nitrogens with one attached hydrogen (secondary N) is 1. The number of methoxy groups -OCH3 is 2. The van der Waals surface area contributed by atoms with Gasteiger partial charge in [-0.3, -0.25) is 5.10 Å². The minimum absolute atomic E-state index is 0.422. The van der Waals surface area contributed by atoms with Crippen LogP contribution in [0.3, 0.4) is 0 Å². The third-order valence-electron chi connectivity index (χ3n) is 2.92. The molecule has 0 spiro atoms. The Kier molecular flexibility index (Phi) is 3.53. The summed E-state index contributed by atoms with van der Waals surface area (Å²) in [5.74, 6) is 1.58. The molecule has 5 heteroatoms. The smallest absolute Gasteiger partial charge is 0.128 e. The first-order chi connectivity index (χ1) is 8.71. The van der Waals surface area contributed by atoms with Crippen molar-refractivity contribution in [1.82, 2.24) is 10.2 Å². The van der Waals surface area contributed by atoms with Crippen molar-refractivity contribution in [3.05, 3.63) is 29.5 Å². The number of rotatable bonds is 4. The molecule has 1 aromatic heterocycles. The van der Waals surface area contributed by atoms with Crippen molar-refractivity contribution in [2.75, 3.05) is 14.2 Å². The zero-order valence-corrected chi connectivity index (χ0v) is 10.8. The van der Waals surface area contributed by atoms with Gasteiger partial charge in [-0.2, -0.15) is 5.10 Å². The van der Waals surface area contributed by atoms with Crippen molar-refractivity contribution in [2.24, 2.45) is 5.73 Å². The number of hydrogen-bond acceptors (Lipinski definition) is 4. The first-order valence-electron chi connectivity index (χ1n) is 5.66. The molecule has 1 heterocycles. The monoisotopic (exact) mass is 247 g/mol. The zero-order chi connectivity index (χ0) is 13.1. The van der Waals surface area contributed by atoms with Crippen LogP contribution in [0.4, 0.5) is 0 Å². The minimum atomic E-state index is 0.422. The van der Waals surface area contributed by atoms with Gasteiger partial charge < -0.3 is 15.2 Å². The second kappa shape index (κ2) is 5.10. The van der Waals surface area contributed by atoms with Gasteiger partial charge in [0.2, 0.25) is 0 Å². The Morgan fingerprint density at radius 1 is 1.22 bits per heavy atom. The summed E-state index contributed by atoms with van der Waals surface area (Å²) in [7, 11) is 3.29. The first kappa shape index (κ1) is 12.4. The van der Waals surface area contributed by atoms with Crippen LogP contribution >= 0.6 is 0 Å². The third-order valence-corrected chi connectivity index (χ3v) is 2.92. The molecule has 1 aromatic carbocycles. The molecule has 0 fully saturated rings. The fourth-order valence-corrected chi connectivity index (χ4v) is 1.94. The van der Waals surface area contributed by atoms with Crippen LogP contribution in [-0.4, -0.2) is 24.4 Å². The lowest BCUT2D eigenvalue weighted by Gasteiger charge is -2.12. The molecule has 18 heavy (non-hydrogen) atoms. The molecule has 2 rings (SSSR count). The van der Waals surface area contributed by atoms with E-state index in [4.69, 9.17) is 15.2 Å².